The van der Waals surface area contributed by atoms with Crippen LogP contribution in [-0.4, -0.2) is 21.9 Å². The summed E-state index contributed by atoms with van der Waals surface area (Å²) in [6, 6.07) is 9.82. The van der Waals surface area contributed by atoms with Gasteiger partial charge in [0.15, 0.2) is 0 Å². The molecular weight excluding hydrogens is 350 g/mol. The van der Waals surface area contributed by atoms with Gasteiger partial charge in [0.2, 0.25) is 0 Å². The van der Waals surface area contributed by atoms with Crippen LogP contribution >= 0.6 is 27.7 Å². The predicted molar refractivity (Wildman–Crippen MR) is 89.8 cm³/mol. The number of ether oxygens (including phenoxy) is 1. The first kappa shape index (κ1) is 16.3. The quantitative estimate of drug-likeness (QED) is 0.765. The maximum absolute atomic E-state index is 10.3. The van der Waals surface area contributed by atoms with E-state index in [0.717, 1.165) is 14.9 Å². The molecule has 0 saturated heterocycles. The number of nitrogens with zero attached hydrogens (tertiary/aromatic N) is 1. The fraction of sp³-hybridized carbons (Fsp3) is 0.312. The van der Waals surface area contributed by atoms with Crippen molar-refractivity contribution in [2.24, 2.45) is 0 Å². The molecule has 0 amide bonds. The van der Waals surface area contributed by atoms with E-state index < -0.39 is 6.10 Å². The summed E-state index contributed by atoms with van der Waals surface area (Å²) in [6.45, 7) is 3.93. The van der Waals surface area contributed by atoms with Crippen molar-refractivity contribution in [3.05, 3.63) is 52.8 Å². The van der Waals surface area contributed by atoms with Gasteiger partial charge in [0, 0.05) is 26.9 Å². The van der Waals surface area contributed by atoms with Crippen molar-refractivity contribution in [3.63, 3.8) is 0 Å². The van der Waals surface area contributed by atoms with Crippen molar-refractivity contribution < 1.29 is 9.84 Å². The minimum atomic E-state index is -0.578. The lowest BCUT2D eigenvalue weighted by Crippen LogP contribution is -2.07. The van der Waals surface area contributed by atoms with Gasteiger partial charge < -0.3 is 9.84 Å². The Kier molecular flexibility index (Phi) is 6.08. The van der Waals surface area contributed by atoms with E-state index in [1.54, 1.807) is 24.2 Å². The van der Waals surface area contributed by atoms with E-state index in [0.29, 0.717) is 11.5 Å². The van der Waals surface area contributed by atoms with Crippen molar-refractivity contribution in [2.75, 3.05) is 5.75 Å². The zero-order chi connectivity index (χ0) is 15.2. The number of aromatic nitrogens is 1. The molecule has 1 atom stereocenters. The van der Waals surface area contributed by atoms with E-state index in [-0.39, 0.29) is 6.10 Å². The second kappa shape index (κ2) is 7.82. The lowest BCUT2D eigenvalue weighted by molar-refractivity contribution is 0.201. The molecule has 0 radical (unpaired) electrons. The SMILES string of the molecule is CC(C)Oc1cncc(C(O)CSc2ccccc2Br)c1. The first-order chi connectivity index (χ1) is 10.1. The Bertz CT molecular complexity index is 592. The predicted octanol–water partition coefficient (Wildman–Crippen LogP) is 4.46. The lowest BCUT2D eigenvalue weighted by Gasteiger charge is -2.14. The van der Waals surface area contributed by atoms with Crippen LogP contribution in [0.2, 0.25) is 0 Å². The van der Waals surface area contributed by atoms with Crippen LogP contribution in [0, 0.1) is 0 Å². The Labute approximate surface area is 137 Å². The van der Waals surface area contributed by atoms with E-state index in [1.165, 1.54) is 0 Å². The van der Waals surface area contributed by atoms with Crippen LogP contribution in [0.1, 0.15) is 25.5 Å². The number of halogens is 1. The van der Waals surface area contributed by atoms with E-state index >= 15 is 0 Å². The smallest absolute Gasteiger partial charge is 0.138 e. The molecule has 1 aromatic carbocycles. The zero-order valence-electron chi connectivity index (χ0n) is 12.0. The number of hydrogen-bond acceptors (Lipinski definition) is 4. The Hall–Kier alpha value is -1.04. The van der Waals surface area contributed by atoms with Gasteiger partial charge >= 0.3 is 0 Å². The molecule has 2 rings (SSSR count). The molecule has 1 heterocycles. The van der Waals surface area contributed by atoms with Crippen LogP contribution in [0.25, 0.3) is 0 Å². The summed E-state index contributed by atoms with van der Waals surface area (Å²) in [7, 11) is 0. The van der Waals surface area contributed by atoms with Crippen LogP contribution in [0.3, 0.4) is 0 Å². The summed E-state index contributed by atoms with van der Waals surface area (Å²) < 4.78 is 6.64. The van der Waals surface area contributed by atoms with Gasteiger partial charge in [-0.1, -0.05) is 12.1 Å². The standard InChI is InChI=1S/C16H18BrNO2S/c1-11(2)20-13-7-12(8-18-9-13)15(19)10-21-16-6-4-3-5-14(16)17/h3-9,11,15,19H,10H2,1-2H3. The molecule has 0 saturated carbocycles. The van der Waals surface area contributed by atoms with Gasteiger partial charge in [-0.2, -0.15) is 0 Å². The maximum atomic E-state index is 10.3. The summed E-state index contributed by atoms with van der Waals surface area (Å²) in [4.78, 5) is 5.24. The Balaban J connectivity index is 2.00. The molecular formula is C16H18BrNO2S. The second-order valence-electron chi connectivity index (χ2n) is 4.88. The van der Waals surface area contributed by atoms with Gasteiger partial charge in [0.25, 0.3) is 0 Å². The van der Waals surface area contributed by atoms with Gasteiger partial charge in [0.1, 0.15) is 5.75 Å². The number of benzene rings is 1. The third kappa shape index (κ3) is 5.02. The maximum Gasteiger partial charge on any atom is 0.138 e. The highest BCUT2D eigenvalue weighted by Gasteiger charge is 2.11. The van der Waals surface area contributed by atoms with Gasteiger partial charge in [-0.15, -0.1) is 11.8 Å². The molecule has 5 heteroatoms. The molecule has 0 aliphatic carbocycles. The third-order valence-electron chi connectivity index (χ3n) is 2.72. The Morgan fingerprint density at radius 1 is 1.29 bits per heavy atom. The average Bonchev–Trinajstić information content (AvgIpc) is 2.45. The molecule has 0 aliphatic heterocycles. The highest BCUT2D eigenvalue weighted by atomic mass is 79.9. The molecule has 3 nitrogen and oxygen atoms in total. The lowest BCUT2D eigenvalue weighted by atomic mass is 10.2. The van der Waals surface area contributed by atoms with Crippen LogP contribution in [0.15, 0.2) is 52.1 Å². The number of aliphatic hydroxyl groups excluding tert-OH is 1. The fourth-order valence-corrected chi connectivity index (χ4v) is 3.32. The number of aliphatic hydroxyl groups is 1. The van der Waals surface area contributed by atoms with Crippen molar-refractivity contribution in [2.45, 2.75) is 31.0 Å². The topological polar surface area (TPSA) is 42.4 Å². The van der Waals surface area contributed by atoms with Crippen LogP contribution in [-0.2, 0) is 0 Å². The summed E-state index contributed by atoms with van der Waals surface area (Å²) in [5.74, 6) is 1.25. The van der Waals surface area contributed by atoms with Crippen LogP contribution < -0.4 is 4.74 Å². The minimum Gasteiger partial charge on any atom is -0.489 e. The first-order valence-corrected chi connectivity index (χ1v) is 8.51. The number of thioether (sulfide) groups is 1. The summed E-state index contributed by atoms with van der Waals surface area (Å²) >= 11 is 5.11. The molecule has 21 heavy (non-hydrogen) atoms. The van der Waals surface area contributed by atoms with Crippen LogP contribution in [0.4, 0.5) is 0 Å². The number of hydrogen-bond donors (Lipinski definition) is 1. The largest absolute Gasteiger partial charge is 0.489 e. The highest BCUT2D eigenvalue weighted by molar-refractivity contribution is 9.10. The van der Waals surface area contributed by atoms with Crippen LogP contribution in [0.5, 0.6) is 5.75 Å². The molecule has 112 valence electrons. The zero-order valence-corrected chi connectivity index (χ0v) is 14.4. The molecule has 0 bridgehead atoms. The Morgan fingerprint density at radius 2 is 2.05 bits per heavy atom. The monoisotopic (exact) mass is 367 g/mol. The van der Waals surface area contributed by atoms with E-state index in [9.17, 15) is 5.11 Å². The second-order valence-corrected chi connectivity index (χ2v) is 6.79. The number of pyridine rings is 1. The minimum absolute atomic E-state index is 0.0915. The van der Waals surface area contributed by atoms with E-state index in [2.05, 4.69) is 20.9 Å². The van der Waals surface area contributed by atoms with E-state index in [4.69, 9.17) is 4.74 Å². The third-order valence-corrected chi connectivity index (χ3v) is 4.83. The Morgan fingerprint density at radius 3 is 2.76 bits per heavy atom. The van der Waals surface area contributed by atoms with Gasteiger partial charge in [-0.3, -0.25) is 4.98 Å². The molecule has 0 aliphatic rings. The number of rotatable bonds is 6. The van der Waals surface area contributed by atoms with Crippen molar-refractivity contribution in [3.8, 4) is 5.75 Å². The summed E-state index contributed by atoms with van der Waals surface area (Å²) in [5.41, 5.74) is 0.771. The van der Waals surface area contributed by atoms with E-state index in [1.807, 2.05) is 44.2 Å². The molecule has 1 aromatic heterocycles. The van der Waals surface area contributed by atoms with Gasteiger partial charge in [-0.05, 0) is 48.0 Å². The molecule has 1 N–H and O–H groups in total. The highest BCUT2D eigenvalue weighted by Crippen LogP contribution is 2.30. The first-order valence-electron chi connectivity index (χ1n) is 6.73. The molecule has 2 aromatic rings. The van der Waals surface area contributed by atoms with Crippen molar-refractivity contribution in [1.82, 2.24) is 4.98 Å². The van der Waals surface area contributed by atoms with Gasteiger partial charge in [-0.25, -0.2) is 0 Å². The molecule has 1 unspecified atom stereocenters. The normalized spacial score (nSPS) is 12.4. The average molecular weight is 368 g/mol. The summed E-state index contributed by atoms with van der Waals surface area (Å²) in [5, 5.41) is 10.3. The van der Waals surface area contributed by atoms with Gasteiger partial charge in [0.05, 0.1) is 18.4 Å². The van der Waals surface area contributed by atoms with Crippen molar-refractivity contribution >= 4 is 27.7 Å². The summed E-state index contributed by atoms with van der Waals surface area (Å²) in [6.07, 6.45) is 2.86. The fourth-order valence-electron chi connectivity index (χ4n) is 1.78. The molecule has 0 spiro atoms. The van der Waals surface area contributed by atoms with Crippen molar-refractivity contribution in [1.29, 1.82) is 0 Å². The molecule has 0 fully saturated rings.